The Bertz CT molecular complexity index is 778. The van der Waals surface area contributed by atoms with Crippen LogP contribution in [-0.4, -0.2) is 55.4 Å². The number of amides is 1. The van der Waals surface area contributed by atoms with Gasteiger partial charge in [0.2, 0.25) is 0 Å². The molecule has 27 heavy (non-hydrogen) atoms. The first-order valence-electron chi connectivity index (χ1n) is 8.94. The number of phenolic OH excluding ortho intramolecular Hbond substituents is 1. The van der Waals surface area contributed by atoms with E-state index in [1.165, 1.54) is 6.07 Å². The molecular formula is C20H23ClN2O4. The zero-order valence-corrected chi connectivity index (χ0v) is 15.7. The van der Waals surface area contributed by atoms with E-state index in [9.17, 15) is 9.90 Å². The van der Waals surface area contributed by atoms with E-state index in [-0.39, 0.29) is 11.3 Å². The van der Waals surface area contributed by atoms with Gasteiger partial charge < -0.3 is 19.9 Å². The van der Waals surface area contributed by atoms with Crippen LogP contribution in [0.3, 0.4) is 0 Å². The molecule has 2 N–H and O–H groups in total. The fourth-order valence-corrected chi connectivity index (χ4v) is 3.05. The molecule has 1 saturated heterocycles. The zero-order chi connectivity index (χ0) is 19.1. The van der Waals surface area contributed by atoms with Crippen molar-refractivity contribution in [2.45, 2.75) is 6.42 Å². The topological polar surface area (TPSA) is 71.0 Å². The van der Waals surface area contributed by atoms with Crippen molar-refractivity contribution < 1.29 is 19.4 Å². The number of hydrogen-bond acceptors (Lipinski definition) is 5. The first-order chi connectivity index (χ1) is 13.1. The van der Waals surface area contributed by atoms with Gasteiger partial charge in [0.25, 0.3) is 5.91 Å². The first-order valence-corrected chi connectivity index (χ1v) is 9.32. The van der Waals surface area contributed by atoms with Crippen LogP contribution in [0.25, 0.3) is 0 Å². The molecule has 1 amide bonds. The highest BCUT2D eigenvalue weighted by atomic mass is 35.5. The number of halogens is 1. The van der Waals surface area contributed by atoms with Gasteiger partial charge in [-0.05, 0) is 36.8 Å². The molecule has 1 heterocycles. The summed E-state index contributed by atoms with van der Waals surface area (Å²) in [5, 5.41) is 13.4. The van der Waals surface area contributed by atoms with Crippen LogP contribution in [0.1, 0.15) is 16.8 Å². The summed E-state index contributed by atoms with van der Waals surface area (Å²) in [6.07, 6.45) is 0.887. The number of aromatic hydroxyl groups is 1. The zero-order valence-electron chi connectivity index (χ0n) is 15.0. The van der Waals surface area contributed by atoms with Crippen molar-refractivity contribution in [1.29, 1.82) is 0 Å². The molecule has 7 heteroatoms. The lowest BCUT2D eigenvalue weighted by atomic mass is 10.1. The van der Waals surface area contributed by atoms with Crippen LogP contribution in [0.2, 0.25) is 5.02 Å². The Morgan fingerprint density at radius 3 is 2.78 bits per heavy atom. The van der Waals surface area contributed by atoms with Gasteiger partial charge in [0.1, 0.15) is 11.5 Å². The summed E-state index contributed by atoms with van der Waals surface area (Å²) in [5.41, 5.74) is 0.742. The van der Waals surface area contributed by atoms with Crippen LogP contribution < -0.4 is 10.1 Å². The highest BCUT2D eigenvalue weighted by Gasteiger charge is 2.13. The van der Waals surface area contributed by atoms with Gasteiger partial charge in [-0.15, -0.1) is 0 Å². The highest BCUT2D eigenvalue weighted by Crippen LogP contribution is 2.25. The summed E-state index contributed by atoms with van der Waals surface area (Å²) < 4.78 is 11.0. The Morgan fingerprint density at radius 2 is 2.04 bits per heavy atom. The van der Waals surface area contributed by atoms with E-state index in [2.05, 4.69) is 10.2 Å². The van der Waals surface area contributed by atoms with Gasteiger partial charge in [-0.1, -0.05) is 17.7 Å². The maximum Gasteiger partial charge on any atom is 0.259 e. The summed E-state index contributed by atoms with van der Waals surface area (Å²) in [6.45, 7) is 4.98. The molecule has 3 rings (SSSR count). The quantitative estimate of drug-likeness (QED) is 0.709. The van der Waals surface area contributed by atoms with E-state index in [0.717, 1.165) is 39.3 Å². The lowest BCUT2D eigenvalue weighted by molar-refractivity contribution is 0.0358. The number of morpholine rings is 1. The Labute approximate surface area is 163 Å². The van der Waals surface area contributed by atoms with Crippen LogP contribution in [-0.2, 0) is 4.74 Å². The molecule has 0 unspecified atom stereocenters. The van der Waals surface area contributed by atoms with Gasteiger partial charge in [-0.2, -0.15) is 0 Å². The standard InChI is InChI=1S/C20H23ClN2O4/c21-15-3-1-4-16(13-15)22-20(25)18-6-5-17(14-19(18)24)27-10-2-7-23-8-11-26-12-9-23/h1,3-6,13-14,24H,2,7-12H2,(H,22,25). The summed E-state index contributed by atoms with van der Waals surface area (Å²) in [4.78, 5) is 14.7. The van der Waals surface area contributed by atoms with E-state index < -0.39 is 5.91 Å². The molecule has 1 aliphatic rings. The summed E-state index contributed by atoms with van der Waals surface area (Å²) in [6, 6.07) is 11.5. The number of ether oxygens (including phenoxy) is 2. The maximum absolute atomic E-state index is 12.3. The molecule has 0 bridgehead atoms. The average molecular weight is 391 g/mol. The SMILES string of the molecule is O=C(Nc1cccc(Cl)c1)c1ccc(OCCCN2CCOCC2)cc1O. The van der Waals surface area contributed by atoms with Crippen molar-refractivity contribution in [3.63, 3.8) is 0 Å². The first kappa shape index (κ1) is 19.5. The van der Waals surface area contributed by atoms with E-state index in [1.54, 1.807) is 36.4 Å². The molecule has 0 saturated carbocycles. The summed E-state index contributed by atoms with van der Waals surface area (Å²) >= 11 is 5.91. The minimum absolute atomic E-state index is 0.125. The number of anilines is 1. The molecule has 0 atom stereocenters. The predicted octanol–water partition coefficient (Wildman–Crippen LogP) is 3.40. The van der Waals surface area contributed by atoms with E-state index in [0.29, 0.717) is 23.1 Å². The van der Waals surface area contributed by atoms with Crippen molar-refractivity contribution in [2.75, 3.05) is 44.8 Å². The van der Waals surface area contributed by atoms with Gasteiger partial charge in [0.15, 0.2) is 0 Å². The normalized spacial score (nSPS) is 14.7. The van der Waals surface area contributed by atoms with Gasteiger partial charge in [0, 0.05) is 36.4 Å². The van der Waals surface area contributed by atoms with E-state index in [1.807, 2.05) is 0 Å². The second kappa shape index (κ2) is 9.60. The predicted molar refractivity (Wildman–Crippen MR) is 105 cm³/mol. The van der Waals surface area contributed by atoms with Gasteiger partial charge >= 0.3 is 0 Å². The minimum Gasteiger partial charge on any atom is -0.507 e. The number of nitrogens with one attached hydrogen (secondary N) is 1. The lowest BCUT2D eigenvalue weighted by Gasteiger charge is -2.26. The van der Waals surface area contributed by atoms with E-state index >= 15 is 0 Å². The van der Waals surface area contributed by atoms with Crippen molar-refractivity contribution in [1.82, 2.24) is 4.90 Å². The molecule has 0 aromatic heterocycles. The number of carbonyl (C=O) groups excluding carboxylic acids is 1. The van der Waals surface area contributed by atoms with Crippen molar-refractivity contribution in [2.24, 2.45) is 0 Å². The average Bonchev–Trinajstić information content (AvgIpc) is 2.66. The second-order valence-electron chi connectivity index (χ2n) is 6.30. The molecule has 2 aromatic carbocycles. The third kappa shape index (κ3) is 5.85. The molecular weight excluding hydrogens is 368 g/mol. The highest BCUT2D eigenvalue weighted by molar-refractivity contribution is 6.31. The Balaban J connectivity index is 1.49. The van der Waals surface area contributed by atoms with E-state index in [4.69, 9.17) is 21.1 Å². The van der Waals surface area contributed by atoms with Crippen molar-refractivity contribution in [3.8, 4) is 11.5 Å². The van der Waals surface area contributed by atoms with Crippen LogP contribution in [0.4, 0.5) is 5.69 Å². The fraction of sp³-hybridized carbons (Fsp3) is 0.350. The number of nitrogens with zero attached hydrogens (tertiary/aromatic N) is 1. The van der Waals surface area contributed by atoms with Crippen LogP contribution in [0.5, 0.6) is 11.5 Å². The Kier molecular flexibility index (Phi) is 6.92. The molecule has 1 aliphatic heterocycles. The van der Waals surface area contributed by atoms with Gasteiger partial charge in [-0.3, -0.25) is 9.69 Å². The molecule has 0 spiro atoms. The smallest absolute Gasteiger partial charge is 0.259 e. The third-order valence-electron chi connectivity index (χ3n) is 4.29. The number of rotatable bonds is 7. The van der Waals surface area contributed by atoms with Crippen LogP contribution >= 0.6 is 11.6 Å². The fourth-order valence-electron chi connectivity index (χ4n) is 2.86. The summed E-state index contributed by atoms with van der Waals surface area (Å²) in [5.74, 6) is 0.00243. The second-order valence-corrected chi connectivity index (χ2v) is 6.74. The molecule has 144 valence electrons. The number of benzene rings is 2. The van der Waals surface area contributed by atoms with Crippen molar-refractivity contribution >= 4 is 23.2 Å². The molecule has 0 radical (unpaired) electrons. The van der Waals surface area contributed by atoms with Crippen LogP contribution in [0.15, 0.2) is 42.5 Å². The third-order valence-corrected chi connectivity index (χ3v) is 4.52. The molecule has 0 aliphatic carbocycles. The Hall–Kier alpha value is -2.28. The molecule has 2 aromatic rings. The monoisotopic (exact) mass is 390 g/mol. The summed E-state index contributed by atoms with van der Waals surface area (Å²) in [7, 11) is 0. The van der Waals surface area contributed by atoms with Crippen LogP contribution in [0, 0.1) is 0 Å². The van der Waals surface area contributed by atoms with Gasteiger partial charge in [-0.25, -0.2) is 0 Å². The number of phenols is 1. The molecule has 6 nitrogen and oxygen atoms in total. The number of carbonyl (C=O) groups is 1. The van der Waals surface area contributed by atoms with Crippen molar-refractivity contribution in [3.05, 3.63) is 53.1 Å². The van der Waals surface area contributed by atoms with Gasteiger partial charge in [0.05, 0.1) is 25.4 Å². The lowest BCUT2D eigenvalue weighted by Crippen LogP contribution is -2.37. The molecule has 1 fully saturated rings. The number of hydrogen-bond donors (Lipinski definition) is 2. The minimum atomic E-state index is -0.409. The maximum atomic E-state index is 12.3. The largest absolute Gasteiger partial charge is 0.507 e. The Morgan fingerprint density at radius 1 is 1.22 bits per heavy atom.